The molecule has 408 valence electrons. The number of nitrogens with one attached hydrogen (secondary N) is 1. The average Bonchev–Trinajstić information content (AvgIpc) is 3.35. The van der Waals surface area contributed by atoms with Gasteiger partial charge in [-0.2, -0.15) is 0 Å². The molecule has 0 aromatic heterocycles. The van der Waals surface area contributed by atoms with E-state index in [1.165, 1.54) is 193 Å². The molecule has 0 spiro atoms. The Kier molecular flexibility index (Phi) is 55.5. The summed E-state index contributed by atoms with van der Waals surface area (Å²) >= 11 is 0. The predicted octanol–water partition coefficient (Wildman–Crippen LogP) is 19.1. The van der Waals surface area contributed by atoms with E-state index < -0.39 is 18.2 Å². The van der Waals surface area contributed by atoms with Crippen LogP contribution in [0.25, 0.3) is 0 Å². The zero-order chi connectivity index (χ0) is 50.9. The van der Waals surface area contributed by atoms with Gasteiger partial charge in [0.05, 0.1) is 25.2 Å². The van der Waals surface area contributed by atoms with E-state index in [9.17, 15) is 19.8 Å². The molecule has 3 atom stereocenters. The Hall–Kier alpha value is -2.44. The highest BCUT2D eigenvalue weighted by molar-refractivity contribution is 5.77. The van der Waals surface area contributed by atoms with Crippen LogP contribution < -0.4 is 5.32 Å². The molecular formula is C64H117NO5. The van der Waals surface area contributed by atoms with E-state index in [2.05, 4.69) is 86.8 Å². The molecule has 6 heteroatoms. The summed E-state index contributed by atoms with van der Waals surface area (Å²) in [7, 11) is 0. The zero-order valence-corrected chi connectivity index (χ0v) is 46.7. The highest BCUT2D eigenvalue weighted by Gasteiger charge is 2.24. The average molecular weight is 981 g/mol. The Morgan fingerprint density at radius 1 is 0.414 bits per heavy atom. The molecule has 6 nitrogen and oxygen atoms in total. The molecule has 0 saturated carbocycles. The van der Waals surface area contributed by atoms with Gasteiger partial charge in [-0.25, -0.2) is 0 Å². The summed E-state index contributed by atoms with van der Waals surface area (Å²) in [5.74, 6) is -0.520. The smallest absolute Gasteiger partial charge is 0.306 e. The molecule has 0 aromatic rings. The second-order valence-corrected chi connectivity index (χ2v) is 20.7. The molecule has 0 aliphatic heterocycles. The lowest BCUT2D eigenvalue weighted by molar-refractivity contribution is -0.151. The van der Waals surface area contributed by atoms with Crippen molar-refractivity contribution in [2.75, 3.05) is 6.61 Å². The van der Waals surface area contributed by atoms with Gasteiger partial charge in [0.15, 0.2) is 0 Å². The predicted molar refractivity (Wildman–Crippen MR) is 305 cm³/mol. The van der Waals surface area contributed by atoms with Crippen molar-refractivity contribution in [2.24, 2.45) is 0 Å². The Labute approximate surface area is 435 Å². The summed E-state index contributed by atoms with van der Waals surface area (Å²) in [4.78, 5) is 26.3. The fourth-order valence-corrected chi connectivity index (χ4v) is 9.18. The van der Waals surface area contributed by atoms with E-state index in [1.54, 1.807) is 0 Å². The first-order valence-corrected chi connectivity index (χ1v) is 30.5. The zero-order valence-electron chi connectivity index (χ0n) is 46.7. The molecular weight excluding hydrogens is 863 g/mol. The van der Waals surface area contributed by atoms with Crippen molar-refractivity contribution in [3.05, 3.63) is 60.8 Å². The van der Waals surface area contributed by atoms with Crippen LogP contribution in [-0.2, 0) is 14.3 Å². The summed E-state index contributed by atoms with van der Waals surface area (Å²) < 4.78 is 5.95. The SMILES string of the molecule is CCCCC/C=C\C/C=C\C/C=C\C/C=C\CCCC(CC(=O)NC(CO)C(O)CCCCCCCCCCCCCCCCC)OC(=O)CCCCCCCCCCC/C=C/CCCCCCCC. The van der Waals surface area contributed by atoms with Crippen LogP contribution in [0.1, 0.15) is 310 Å². The number of unbranched alkanes of at least 4 members (excludes halogenated alkanes) is 33. The maximum absolute atomic E-state index is 13.3. The molecule has 0 saturated heterocycles. The standard InChI is InChI=1S/C64H117NO5/c1-4-7-10-13-16-19-22-25-28-30-31-33-36-39-42-45-48-51-54-57-64(69)70-60(55-52-49-46-43-40-37-35-32-29-26-23-20-17-14-11-8-5-2)58-63(68)65-61(59-66)62(67)56-53-50-47-44-41-38-34-27-24-21-18-15-12-9-6-3/h17,20,25-26,28-29,35,37,43,46,60-62,66-67H,4-16,18-19,21-24,27,30-34,36,38-42,44-45,47-59H2,1-3H3,(H,65,68)/b20-17-,28-25+,29-26-,37-35-,46-43-. The summed E-state index contributed by atoms with van der Waals surface area (Å²) in [6.07, 6.45) is 72.9. The van der Waals surface area contributed by atoms with Gasteiger partial charge in [-0.3, -0.25) is 9.59 Å². The summed E-state index contributed by atoms with van der Waals surface area (Å²) in [5, 5.41) is 23.9. The molecule has 0 fully saturated rings. The Morgan fingerprint density at radius 2 is 0.743 bits per heavy atom. The van der Waals surface area contributed by atoms with Crippen LogP contribution in [0.5, 0.6) is 0 Å². The molecule has 1 amide bonds. The fraction of sp³-hybridized carbons (Fsp3) is 0.812. The minimum absolute atomic E-state index is 0.0397. The number of hydrogen-bond acceptors (Lipinski definition) is 5. The first-order chi connectivity index (χ1) is 34.5. The topological polar surface area (TPSA) is 95.9 Å². The lowest BCUT2D eigenvalue weighted by Crippen LogP contribution is -2.46. The first-order valence-electron chi connectivity index (χ1n) is 30.5. The summed E-state index contributed by atoms with van der Waals surface area (Å²) in [6.45, 7) is 6.47. The van der Waals surface area contributed by atoms with Crippen LogP contribution in [0.2, 0.25) is 0 Å². The Morgan fingerprint density at radius 3 is 1.17 bits per heavy atom. The molecule has 0 aliphatic rings. The van der Waals surface area contributed by atoms with E-state index in [-0.39, 0.29) is 24.9 Å². The van der Waals surface area contributed by atoms with Gasteiger partial charge < -0.3 is 20.3 Å². The van der Waals surface area contributed by atoms with Gasteiger partial charge in [-0.15, -0.1) is 0 Å². The summed E-state index contributed by atoms with van der Waals surface area (Å²) in [5.41, 5.74) is 0. The van der Waals surface area contributed by atoms with Crippen molar-refractivity contribution in [3.63, 3.8) is 0 Å². The number of carbonyl (C=O) groups excluding carboxylic acids is 2. The number of carbonyl (C=O) groups is 2. The highest BCUT2D eigenvalue weighted by Crippen LogP contribution is 2.18. The van der Waals surface area contributed by atoms with Gasteiger partial charge in [-0.05, 0) is 89.9 Å². The third-order valence-electron chi connectivity index (χ3n) is 13.8. The lowest BCUT2D eigenvalue weighted by Gasteiger charge is -2.24. The molecule has 0 aromatic carbocycles. The minimum atomic E-state index is -0.804. The van der Waals surface area contributed by atoms with Gasteiger partial charge in [0.2, 0.25) is 5.91 Å². The number of esters is 1. The molecule has 3 unspecified atom stereocenters. The van der Waals surface area contributed by atoms with Crippen LogP contribution in [0.15, 0.2) is 60.8 Å². The van der Waals surface area contributed by atoms with Crippen molar-refractivity contribution >= 4 is 11.9 Å². The second kappa shape index (κ2) is 57.5. The van der Waals surface area contributed by atoms with Gasteiger partial charge >= 0.3 is 5.97 Å². The molecule has 70 heavy (non-hydrogen) atoms. The number of allylic oxidation sites excluding steroid dienone is 10. The van der Waals surface area contributed by atoms with Crippen molar-refractivity contribution in [2.45, 2.75) is 328 Å². The number of ether oxygens (including phenoxy) is 1. The molecule has 0 heterocycles. The van der Waals surface area contributed by atoms with Crippen LogP contribution in [0.4, 0.5) is 0 Å². The summed E-state index contributed by atoms with van der Waals surface area (Å²) in [6, 6.07) is -0.721. The third kappa shape index (κ3) is 51.9. The van der Waals surface area contributed by atoms with Crippen molar-refractivity contribution < 1.29 is 24.5 Å². The van der Waals surface area contributed by atoms with E-state index in [1.807, 2.05) is 0 Å². The van der Waals surface area contributed by atoms with E-state index in [4.69, 9.17) is 4.74 Å². The van der Waals surface area contributed by atoms with Crippen LogP contribution in [-0.4, -0.2) is 46.9 Å². The lowest BCUT2D eigenvalue weighted by atomic mass is 10.0. The molecule has 3 N–H and O–H groups in total. The highest BCUT2D eigenvalue weighted by atomic mass is 16.5. The second-order valence-electron chi connectivity index (χ2n) is 20.7. The fourth-order valence-electron chi connectivity index (χ4n) is 9.18. The van der Waals surface area contributed by atoms with E-state index in [0.717, 1.165) is 70.6 Å². The van der Waals surface area contributed by atoms with E-state index in [0.29, 0.717) is 19.3 Å². The molecule has 0 aliphatic carbocycles. The minimum Gasteiger partial charge on any atom is -0.462 e. The van der Waals surface area contributed by atoms with Gasteiger partial charge in [-0.1, -0.05) is 268 Å². The van der Waals surface area contributed by atoms with Gasteiger partial charge in [0, 0.05) is 6.42 Å². The Bertz CT molecular complexity index is 1240. The number of aliphatic hydroxyl groups is 2. The van der Waals surface area contributed by atoms with Gasteiger partial charge in [0.1, 0.15) is 6.10 Å². The van der Waals surface area contributed by atoms with Crippen LogP contribution >= 0.6 is 0 Å². The maximum atomic E-state index is 13.3. The third-order valence-corrected chi connectivity index (χ3v) is 13.8. The van der Waals surface area contributed by atoms with Crippen LogP contribution in [0.3, 0.4) is 0 Å². The molecule has 0 radical (unpaired) electrons. The number of amides is 1. The van der Waals surface area contributed by atoms with Crippen molar-refractivity contribution in [3.8, 4) is 0 Å². The Balaban J connectivity index is 4.62. The quantitative estimate of drug-likeness (QED) is 0.0321. The normalized spacial score (nSPS) is 13.5. The van der Waals surface area contributed by atoms with E-state index >= 15 is 0 Å². The molecule has 0 bridgehead atoms. The number of rotatable bonds is 55. The number of hydrogen-bond donors (Lipinski definition) is 3. The molecule has 0 rings (SSSR count). The monoisotopic (exact) mass is 980 g/mol. The largest absolute Gasteiger partial charge is 0.462 e. The van der Waals surface area contributed by atoms with Gasteiger partial charge in [0.25, 0.3) is 0 Å². The van der Waals surface area contributed by atoms with Crippen molar-refractivity contribution in [1.82, 2.24) is 5.32 Å². The van der Waals surface area contributed by atoms with Crippen molar-refractivity contribution in [1.29, 1.82) is 0 Å². The number of aliphatic hydroxyl groups excluding tert-OH is 2. The maximum Gasteiger partial charge on any atom is 0.306 e. The van der Waals surface area contributed by atoms with Crippen LogP contribution in [0, 0.1) is 0 Å². The first kappa shape index (κ1) is 67.6.